The Kier molecular flexibility index (Phi) is 5.59. The standard InChI is InChI=1S/C18H20N2O5/c1-10-14(17(22)24-4)11(2)19-15(10)18(23)25-12(3)16(21)20-13-8-6-5-7-9-13/h5-9,12,19H,1-4H3,(H,20,21)/t12-/m1/s1. The molecule has 0 aliphatic heterocycles. The van der Waals surface area contributed by atoms with Crippen LogP contribution in [0.15, 0.2) is 30.3 Å². The molecule has 25 heavy (non-hydrogen) atoms. The minimum Gasteiger partial charge on any atom is -0.465 e. The van der Waals surface area contributed by atoms with Gasteiger partial charge in [-0.2, -0.15) is 0 Å². The highest BCUT2D eigenvalue weighted by Crippen LogP contribution is 2.20. The van der Waals surface area contributed by atoms with Crippen molar-refractivity contribution in [3.05, 3.63) is 52.8 Å². The highest BCUT2D eigenvalue weighted by Gasteiger charge is 2.26. The zero-order valence-electron chi connectivity index (χ0n) is 14.5. The van der Waals surface area contributed by atoms with Gasteiger partial charge in [0.1, 0.15) is 5.69 Å². The van der Waals surface area contributed by atoms with Crippen LogP contribution in [0, 0.1) is 13.8 Å². The van der Waals surface area contributed by atoms with E-state index in [0.717, 1.165) is 0 Å². The molecule has 0 bridgehead atoms. The first-order valence-electron chi connectivity index (χ1n) is 7.69. The van der Waals surface area contributed by atoms with E-state index in [9.17, 15) is 14.4 Å². The predicted octanol–water partition coefficient (Wildman–Crippen LogP) is 2.60. The molecule has 0 fully saturated rings. The lowest BCUT2D eigenvalue weighted by Crippen LogP contribution is -2.30. The molecule has 2 rings (SSSR count). The van der Waals surface area contributed by atoms with Crippen molar-refractivity contribution in [1.29, 1.82) is 0 Å². The van der Waals surface area contributed by atoms with Crippen LogP contribution in [0.2, 0.25) is 0 Å². The smallest absolute Gasteiger partial charge is 0.355 e. The number of para-hydroxylation sites is 1. The van der Waals surface area contributed by atoms with Crippen LogP contribution in [0.4, 0.5) is 5.69 Å². The van der Waals surface area contributed by atoms with Gasteiger partial charge in [-0.15, -0.1) is 0 Å². The fourth-order valence-corrected chi connectivity index (χ4v) is 2.40. The number of esters is 2. The van der Waals surface area contributed by atoms with Gasteiger partial charge in [0.15, 0.2) is 6.10 Å². The Morgan fingerprint density at radius 2 is 1.72 bits per heavy atom. The minimum atomic E-state index is -1.00. The Morgan fingerprint density at radius 1 is 1.08 bits per heavy atom. The zero-order valence-corrected chi connectivity index (χ0v) is 14.5. The summed E-state index contributed by atoms with van der Waals surface area (Å²) in [6.45, 7) is 4.74. The SMILES string of the molecule is COC(=O)c1c(C)[nH]c(C(=O)O[C@H](C)C(=O)Nc2ccccc2)c1C. The molecule has 7 heteroatoms. The first kappa shape index (κ1) is 18.3. The molecule has 1 atom stereocenters. The Labute approximate surface area is 145 Å². The van der Waals surface area contributed by atoms with Crippen LogP contribution in [0.25, 0.3) is 0 Å². The minimum absolute atomic E-state index is 0.122. The topological polar surface area (TPSA) is 97.5 Å². The van der Waals surface area contributed by atoms with Crippen LogP contribution in [0.5, 0.6) is 0 Å². The third kappa shape index (κ3) is 4.06. The molecule has 0 aliphatic rings. The fourth-order valence-electron chi connectivity index (χ4n) is 2.40. The molecule has 1 amide bonds. The molecule has 1 aromatic heterocycles. The van der Waals surface area contributed by atoms with Gasteiger partial charge in [-0.1, -0.05) is 18.2 Å². The van der Waals surface area contributed by atoms with Gasteiger partial charge in [0.25, 0.3) is 5.91 Å². The first-order valence-corrected chi connectivity index (χ1v) is 7.69. The van der Waals surface area contributed by atoms with Crippen molar-refractivity contribution in [2.75, 3.05) is 12.4 Å². The average Bonchev–Trinajstić information content (AvgIpc) is 2.89. The van der Waals surface area contributed by atoms with Gasteiger partial charge in [-0.05, 0) is 38.5 Å². The van der Waals surface area contributed by atoms with Gasteiger partial charge >= 0.3 is 11.9 Å². The molecule has 0 saturated heterocycles. The summed E-state index contributed by atoms with van der Waals surface area (Å²) >= 11 is 0. The van der Waals surface area contributed by atoms with Crippen molar-refractivity contribution in [3.63, 3.8) is 0 Å². The lowest BCUT2D eigenvalue weighted by Gasteiger charge is -2.13. The molecular weight excluding hydrogens is 324 g/mol. The number of aromatic nitrogens is 1. The summed E-state index contributed by atoms with van der Waals surface area (Å²) in [4.78, 5) is 39.0. The van der Waals surface area contributed by atoms with Crippen molar-refractivity contribution in [2.45, 2.75) is 26.9 Å². The quantitative estimate of drug-likeness (QED) is 0.813. The second-order valence-electron chi connectivity index (χ2n) is 5.52. The highest BCUT2D eigenvalue weighted by molar-refractivity contribution is 6.00. The maximum Gasteiger partial charge on any atom is 0.355 e. The largest absolute Gasteiger partial charge is 0.465 e. The monoisotopic (exact) mass is 344 g/mol. The number of ether oxygens (including phenoxy) is 2. The number of carbonyl (C=O) groups excluding carboxylic acids is 3. The van der Waals surface area contributed by atoms with E-state index < -0.39 is 23.9 Å². The molecule has 0 radical (unpaired) electrons. The third-order valence-electron chi connectivity index (χ3n) is 3.73. The van der Waals surface area contributed by atoms with E-state index in [1.165, 1.54) is 14.0 Å². The van der Waals surface area contributed by atoms with Gasteiger partial charge in [-0.25, -0.2) is 9.59 Å². The van der Waals surface area contributed by atoms with E-state index in [2.05, 4.69) is 10.3 Å². The molecular formula is C18H20N2O5. The molecule has 1 aromatic carbocycles. The molecule has 132 valence electrons. The maximum atomic E-state index is 12.3. The molecule has 0 aliphatic carbocycles. The number of benzene rings is 1. The summed E-state index contributed by atoms with van der Waals surface area (Å²) in [5.41, 5.74) is 1.94. The van der Waals surface area contributed by atoms with Crippen molar-refractivity contribution < 1.29 is 23.9 Å². The first-order chi connectivity index (χ1) is 11.8. The Balaban J connectivity index is 2.09. The molecule has 0 saturated carbocycles. The molecule has 2 aromatic rings. The van der Waals surface area contributed by atoms with Gasteiger partial charge in [0.05, 0.1) is 12.7 Å². The zero-order chi connectivity index (χ0) is 18.6. The van der Waals surface area contributed by atoms with Crippen molar-refractivity contribution in [3.8, 4) is 0 Å². The van der Waals surface area contributed by atoms with Gasteiger partial charge in [0.2, 0.25) is 0 Å². The number of anilines is 1. The number of amides is 1. The third-order valence-corrected chi connectivity index (χ3v) is 3.73. The average molecular weight is 344 g/mol. The number of hydrogen-bond donors (Lipinski definition) is 2. The number of H-pyrrole nitrogens is 1. The van der Waals surface area contributed by atoms with Crippen LogP contribution in [0.1, 0.15) is 39.0 Å². The van der Waals surface area contributed by atoms with Gasteiger partial charge < -0.3 is 19.8 Å². The molecule has 7 nitrogen and oxygen atoms in total. The summed E-state index contributed by atoms with van der Waals surface area (Å²) in [6.07, 6.45) is -1.00. The lowest BCUT2D eigenvalue weighted by molar-refractivity contribution is -0.123. The normalized spacial score (nSPS) is 11.5. The second kappa shape index (κ2) is 7.65. The van der Waals surface area contributed by atoms with Crippen LogP contribution >= 0.6 is 0 Å². The highest BCUT2D eigenvalue weighted by atomic mass is 16.5. The molecule has 2 N–H and O–H groups in total. The maximum absolute atomic E-state index is 12.3. The molecule has 1 heterocycles. The predicted molar refractivity (Wildman–Crippen MR) is 91.6 cm³/mol. The van der Waals surface area contributed by atoms with E-state index in [-0.39, 0.29) is 11.3 Å². The number of methoxy groups -OCH3 is 1. The number of rotatable bonds is 5. The van der Waals surface area contributed by atoms with E-state index in [0.29, 0.717) is 16.9 Å². The summed E-state index contributed by atoms with van der Waals surface area (Å²) < 4.78 is 9.90. The van der Waals surface area contributed by atoms with E-state index in [1.54, 1.807) is 38.1 Å². The molecule has 0 spiro atoms. The van der Waals surface area contributed by atoms with Crippen LogP contribution < -0.4 is 5.32 Å². The number of carbonyl (C=O) groups is 3. The number of aryl methyl sites for hydroxylation is 1. The van der Waals surface area contributed by atoms with E-state index in [4.69, 9.17) is 9.47 Å². The second-order valence-corrected chi connectivity index (χ2v) is 5.52. The Morgan fingerprint density at radius 3 is 2.32 bits per heavy atom. The Hall–Kier alpha value is -3.09. The van der Waals surface area contributed by atoms with Crippen LogP contribution in [-0.4, -0.2) is 36.0 Å². The van der Waals surface area contributed by atoms with Crippen molar-refractivity contribution in [2.24, 2.45) is 0 Å². The van der Waals surface area contributed by atoms with E-state index in [1.807, 2.05) is 6.07 Å². The number of nitrogens with one attached hydrogen (secondary N) is 2. The number of aromatic amines is 1. The summed E-state index contributed by atoms with van der Waals surface area (Å²) in [5, 5.41) is 2.66. The summed E-state index contributed by atoms with van der Waals surface area (Å²) in [6, 6.07) is 8.85. The fraction of sp³-hybridized carbons (Fsp3) is 0.278. The Bertz CT molecular complexity index is 795. The summed E-state index contributed by atoms with van der Waals surface area (Å²) in [5.74, 6) is -1.71. The summed E-state index contributed by atoms with van der Waals surface area (Å²) in [7, 11) is 1.27. The van der Waals surface area contributed by atoms with Gasteiger partial charge in [0, 0.05) is 11.4 Å². The lowest BCUT2D eigenvalue weighted by atomic mass is 10.1. The van der Waals surface area contributed by atoms with Gasteiger partial charge in [-0.3, -0.25) is 4.79 Å². The van der Waals surface area contributed by atoms with Crippen LogP contribution in [-0.2, 0) is 14.3 Å². The van der Waals surface area contributed by atoms with E-state index >= 15 is 0 Å². The van der Waals surface area contributed by atoms with Crippen molar-refractivity contribution in [1.82, 2.24) is 4.98 Å². The van der Waals surface area contributed by atoms with Crippen molar-refractivity contribution >= 4 is 23.5 Å². The number of hydrogen-bond acceptors (Lipinski definition) is 5. The van der Waals surface area contributed by atoms with Crippen LogP contribution in [0.3, 0.4) is 0 Å². The molecule has 0 unspecified atom stereocenters.